The summed E-state index contributed by atoms with van der Waals surface area (Å²) in [6.07, 6.45) is 6.10. The van der Waals surface area contributed by atoms with Crippen LogP contribution in [0.1, 0.15) is 52.0 Å². The largest absolute Gasteiger partial charge is 0.491 e. The topological polar surface area (TPSA) is 38.5 Å². The van der Waals surface area contributed by atoms with Gasteiger partial charge in [-0.25, -0.2) is 0 Å². The normalized spacial score (nSPS) is 23.2. The van der Waals surface area contributed by atoms with E-state index in [-0.39, 0.29) is 0 Å². The van der Waals surface area contributed by atoms with Crippen LogP contribution in [-0.4, -0.2) is 30.1 Å². The Kier molecular flexibility index (Phi) is 5.92. The predicted octanol–water partition coefficient (Wildman–Crippen LogP) is 3.86. The zero-order chi connectivity index (χ0) is 15.2. The molecule has 2 atom stereocenters. The number of hydrogen-bond donors (Lipinski definition) is 1. The van der Waals surface area contributed by atoms with Gasteiger partial charge in [0.15, 0.2) is 0 Å². The van der Waals surface area contributed by atoms with Crippen LogP contribution in [0.4, 0.5) is 5.69 Å². The van der Waals surface area contributed by atoms with Crippen molar-refractivity contribution >= 4 is 5.69 Å². The van der Waals surface area contributed by atoms with Crippen LogP contribution in [-0.2, 0) is 6.42 Å². The Morgan fingerprint density at radius 1 is 1.24 bits per heavy atom. The highest BCUT2D eigenvalue weighted by molar-refractivity contribution is 5.54. The van der Waals surface area contributed by atoms with E-state index in [1.54, 1.807) is 0 Å². The summed E-state index contributed by atoms with van der Waals surface area (Å²) in [7, 11) is 0. The van der Waals surface area contributed by atoms with E-state index in [2.05, 4.69) is 37.8 Å². The summed E-state index contributed by atoms with van der Waals surface area (Å²) in [5.41, 5.74) is 8.16. The summed E-state index contributed by atoms with van der Waals surface area (Å²) < 4.78 is 5.63. The van der Waals surface area contributed by atoms with E-state index in [0.29, 0.717) is 12.1 Å². The van der Waals surface area contributed by atoms with E-state index in [1.807, 2.05) is 6.07 Å². The van der Waals surface area contributed by atoms with E-state index < -0.39 is 0 Å². The van der Waals surface area contributed by atoms with Gasteiger partial charge < -0.3 is 10.5 Å². The van der Waals surface area contributed by atoms with Gasteiger partial charge in [-0.05, 0) is 57.2 Å². The molecule has 0 amide bonds. The summed E-state index contributed by atoms with van der Waals surface area (Å²) in [6.45, 7) is 8.66. The zero-order valence-electron chi connectivity index (χ0n) is 13.8. The molecular weight excluding hydrogens is 260 g/mol. The molecule has 1 fully saturated rings. The lowest BCUT2D eigenvalue weighted by molar-refractivity contribution is 0.105. The second-order valence-electron chi connectivity index (χ2n) is 6.34. The third-order valence-corrected chi connectivity index (χ3v) is 4.57. The fourth-order valence-electron chi connectivity index (χ4n) is 3.27. The first-order valence-corrected chi connectivity index (χ1v) is 8.38. The van der Waals surface area contributed by atoms with Crippen LogP contribution in [0.3, 0.4) is 0 Å². The molecule has 0 spiro atoms. The van der Waals surface area contributed by atoms with Crippen LogP contribution >= 0.6 is 0 Å². The summed E-state index contributed by atoms with van der Waals surface area (Å²) in [6, 6.07) is 7.66. The molecule has 2 unspecified atom stereocenters. The van der Waals surface area contributed by atoms with Crippen molar-refractivity contribution in [1.29, 1.82) is 0 Å². The molecule has 3 nitrogen and oxygen atoms in total. The van der Waals surface area contributed by atoms with Gasteiger partial charge in [-0.15, -0.1) is 0 Å². The molecule has 0 aliphatic carbocycles. The molecule has 0 bridgehead atoms. The molecule has 1 aromatic rings. The van der Waals surface area contributed by atoms with Gasteiger partial charge >= 0.3 is 0 Å². The molecule has 0 radical (unpaired) electrons. The van der Waals surface area contributed by atoms with E-state index in [1.165, 1.54) is 24.8 Å². The second-order valence-corrected chi connectivity index (χ2v) is 6.34. The average Bonchev–Trinajstić information content (AvgIpc) is 2.46. The lowest BCUT2D eigenvalue weighted by Crippen LogP contribution is -2.44. The molecule has 1 aliphatic rings. The number of likely N-dealkylation sites (tertiary alicyclic amines) is 1. The molecule has 0 aromatic heterocycles. The highest BCUT2D eigenvalue weighted by atomic mass is 16.5. The molecule has 1 aliphatic heterocycles. The van der Waals surface area contributed by atoms with Gasteiger partial charge in [0.25, 0.3) is 0 Å². The summed E-state index contributed by atoms with van der Waals surface area (Å²) in [5.74, 6) is 0.820. The monoisotopic (exact) mass is 290 g/mol. The summed E-state index contributed by atoms with van der Waals surface area (Å²) >= 11 is 0. The number of nitrogens with two attached hydrogens (primary N) is 1. The zero-order valence-corrected chi connectivity index (χ0v) is 13.8. The molecule has 0 saturated carbocycles. The van der Waals surface area contributed by atoms with Crippen molar-refractivity contribution in [3.05, 3.63) is 23.8 Å². The minimum atomic E-state index is 0.707. The number of anilines is 1. The molecule has 3 heteroatoms. The second kappa shape index (κ2) is 7.69. The minimum absolute atomic E-state index is 0.707. The smallest absolute Gasteiger partial charge is 0.142 e. The molecule has 1 heterocycles. The highest BCUT2D eigenvalue weighted by Crippen LogP contribution is 2.25. The molecular formula is C18H30N2O. The summed E-state index contributed by atoms with van der Waals surface area (Å²) in [5, 5.41) is 0. The Hall–Kier alpha value is -1.22. The first-order chi connectivity index (χ1) is 10.1. The first-order valence-electron chi connectivity index (χ1n) is 8.38. The van der Waals surface area contributed by atoms with Crippen molar-refractivity contribution in [3.63, 3.8) is 0 Å². The molecule has 21 heavy (non-hydrogen) atoms. The Morgan fingerprint density at radius 3 is 2.57 bits per heavy atom. The Morgan fingerprint density at radius 2 is 1.95 bits per heavy atom. The van der Waals surface area contributed by atoms with Gasteiger partial charge in [0, 0.05) is 18.6 Å². The van der Waals surface area contributed by atoms with Crippen LogP contribution in [0.2, 0.25) is 0 Å². The maximum atomic E-state index is 6.09. The average molecular weight is 290 g/mol. The number of nitrogens with zero attached hydrogens (tertiary/aromatic N) is 1. The summed E-state index contributed by atoms with van der Waals surface area (Å²) in [4.78, 5) is 2.64. The van der Waals surface area contributed by atoms with Crippen LogP contribution in [0.25, 0.3) is 0 Å². The van der Waals surface area contributed by atoms with Crippen molar-refractivity contribution in [3.8, 4) is 5.75 Å². The minimum Gasteiger partial charge on any atom is -0.491 e. The van der Waals surface area contributed by atoms with Gasteiger partial charge in [0.1, 0.15) is 5.75 Å². The fourth-order valence-corrected chi connectivity index (χ4v) is 3.27. The molecule has 2 N–H and O–H groups in total. The van der Waals surface area contributed by atoms with Crippen LogP contribution in [0.15, 0.2) is 18.2 Å². The number of nitrogen functional groups attached to an aromatic ring is 1. The standard InChI is InChI=1S/C18H30N2O/c1-4-12-21-18-9-8-16(13-17(18)19)10-11-20-14(2)6-5-7-15(20)3/h8-9,13-15H,4-7,10-12,19H2,1-3H3. The Balaban J connectivity index is 1.92. The number of hydrogen-bond acceptors (Lipinski definition) is 3. The van der Waals surface area contributed by atoms with E-state index in [9.17, 15) is 0 Å². The lowest BCUT2D eigenvalue weighted by atomic mass is 9.97. The van der Waals surface area contributed by atoms with Gasteiger partial charge in [-0.2, -0.15) is 0 Å². The Labute approximate surface area is 129 Å². The van der Waals surface area contributed by atoms with Gasteiger partial charge in [-0.1, -0.05) is 19.4 Å². The van der Waals surface area contributed by atoms with Crippen molar-refractivity contribution in [2.75, 3.05) is 18.9 Å². The number of rotatable bonds is 6. The van der Waals surface area contributed by atoms with E-state index in [0.717, 1.165) is 37.4 Å². The Bertz CT molecular complexity index is 437. The number of benzene rings is 1. The lowest BCUT2D eigenvalue weighted by Gasteiger charge is -2.39. The maximum absolute atomic E-state index is 6.09. The third-order valence-electron chi connectivity index (χ3n) is 4.57. The predicted molar refractivity (Wildman–Crippen MR) is 89.8 cm³/mol. The van der Waals surface area contributed by atoms with Crippen molar-refractivity contribution in [1.82, 2.24) is 4.90 Å². The fraction of sp³-hybridized carbons (Fsp3) is 0.667. The molecule has 2 rings (SSSR count). The van der Waals surface area contributed by atoms with Crippen molar-refractivity contribution < 1.29 is 4.74 Å². The molecule has 1 aromatic carbocycles. The first kappa shape index (κ1) is 16.2. The third kappa shape index (κ3) is 4.37. The quantitative estimate of drug-likeness (QED) is 0.808. The van der Waals surface area contributed by atoms with Gasteiger partial charge in [0.05, 0.1) is 12.3 Å². The van der Waals surface area contributed by atoms with Crippen LogP contribution in [0, 0.1) is 0 Å². The van der Waals surface area contributed by atoms with E-state index >= 15 is 0 Å². The van der Waals surface area contributed by atoms with Crippen molar-refractivity contribution in [2.45, 2.75) is 65.0 Å². The molecule has 1 saturated heterocycles. The van der Waals surface area contributed by atoms with Crippen molar-refractivity contribution in [2.24, 2.45) is 0 Å². The number of ether oxygens (including phenoxy) is 1. The van der Waals surface area contributed by atoms with E-state index in [4.69, 9.17) is 10.5 Å². The maximum Gasteiger partial charge on any atom is 0.142 e. The number of piperidine rings is 1. The van der Waals surface area contributed by atoms with Crippen LogP contribution < -0.4 is 10.5 Å². The van der Waals surface area contributed by atoms with Gasteiger partial charge in [-0.3, -0.25) is 4.90 Å². The highest BCUT2D eigenvalue weighted by Gasteiger charge is 2.23. The van der Waals surface area contributed by atoms with Crippen LogP contribution in [0.5, 0.6) is 5.75 Å². The van der Waals surface area contributed by atoms with Gasteiger partial charge in [0.2, 0.25) is 0 Å². The molecule has 118 valence electrons. The SMILES string of the molecule is CCCOc1ccc(CCN2C(C)CCCC2C)cc1N.